The van der Waals surface area contributed by atoms with Gasteiger partial charge in [0, 0.05) is 12.1 Å². The van der Waals surface area contributed by atoms with Crippen molar-refractivity contribution in [1.82, 2.24) is 5.32 Å². The normalized spacial score (nSPS) is 38.1. The Morgan fingerprint density at radius 3 is 2.05 bits per heavy atom. The Morgan fingerprint density at radius 2 is 1.55 bits per heavy atom. The summed E-state index contributed by atoms with van der Waals surface area (Å²) in [5.41, 5.74) is 3.10. The lowest BCUT2D eigenvalue weighted by atomic mass is 9.53. The van der Waals surface area contributed by atoms with Gasteiger partial charge in [-0.25, -0.2) is 0 Å². The summed E-state index contributed by atoms with van der Waals surface area (Å²) >= 11 is 0. The second-order valence-electron chi connectivity index (χ2n) is 7.50. The zero-order valence-electron chi connectivity index (χ0n) is 12.3. The molecule has 4 fully saturated rings. The minimum absolute atomic E-state index is 0.478. The minimum atomic E-state index is 0.478. The molecule has 1 nitrogen and oxygen atoms in total. The van der Waals surface area contributed by atoms with E-state index in [1.807, 2.05) is 6.08 Å². The molecule has 0 saturated heterocycles. The molecule has 20 heavy (non-hydrogen) atoms. The SMILES string of the molecule is C=Cc1ccc(CNC23CC4CC(CC(C4)C2)C3)cc1. The Bertz CT molecular complexity index is 464. The molecule has 0 aliphatic heterocycles. The third-order valence-electron chi connectivity index (χ3n) is 5.92. The van der Waals surface area contributed by atoms with E-state index in [0.29, 0.717) is 5.54 Å². The summed E-state index contributed by atoms with van der Waals surface area (Å²) in [5.74, 6) is 3.07. The summed E-state index contributed by atoms with van der Waals surface area (Å²) in [6, 6.07) is 8.82. The van der Waals surface area contributed by atoms with Gasteiger partial charge < -0.3 is 5.32 Å². The maximum atomic E-state index is 3.96. The van der Waals surface area contributed by atoms with Crippen LogP contribution in [0.4, 0.5) is 0 Å². The summed E-state index contributed by atoms with van der Waals surface area (Å²) in [4.78, 5) is 0. The molecule has 0 aromatic heterocycles. The summed E-state index contributed by atoms with van der Waals surface area (Å²) in [6.07, 6.45) is 10.8. The van der Waals surface area contributed by atoms with Gasteiger partial charge in [0.15, 0.2) is 0 Å². The number of benzene rings is 1. The average Bonchev–Trinajstić information content (AvgIpc) is 2.44. The van der Waals surface area contributed by atoms with Crippen LogP contribution in [0.5, 0.6) is 0 Å². The third-order valence-corrected chi connectivity index (χ3v) is 5.92. The van der Waals surface area contributed by atoms with Crippen LogP contribution in [-0.4, -0.2) is 5.54 Å². The highest BCUT2D eigenvalue weighted by Gasteiger charge is 2.50. The standard InChI is InChI=1S/C19H25N/c1-2-14-3-5-15(6-4-14)13-20-19-10-16-7-17(11-19)9-18(8-16)12-19/h2-6,16-18,20H,1,7-13H2. The molecule has 0 heterocycles. The van der Waals surface area contributed by atoms with Crippen LogP contribution in [0.1, 0.15) is 49.7 Å². The average molecular weight is 267 g/mol. The Labute approximate surface area is 122 Å². The number of hydrogen-bond donors (Lipinski definition) is 1. The Morgan fingerprint density at radius 1 is 1.00 bits per heavy atom. The topological polar surface area (TPSA) is 12.0 Å². The van der Waals surface area contributed by atoms with E-state index < -0.39 is 0 Å². The first-order chi connectivity index (χ1) is 9.75. The van der Waals surface area contributed by atoms with Crippen LogP contribution >= 0.6 is 0 Å². The molecule has 4 bridgehead atoms. The van der Waals surface area contributed by atoms with Crippen molar-refractivity contribution < 1.29 is 0 Å². The van der Waals surface area contributed by atoms with E-state index in [-0.39, 0.29) is 0 Å². The smallest absolute Gasteiger partial charge is 0.0210 e. The van der Waals surface area contributed by atoms with E-state index in [9.17, 15) is 0 Å². The molecule has 1 N–H and O–H groups in total. The fourth-order valence-electron chi connectivity index (χ4n) is 5.39. The Balaban J connectivity index is 1.44. The van der Waals surface area contributed by atoms with Gasteiger partial charge in [0.2, 0.25) is 0 Å². The van der Waals surface area contributed by atoms with Crippen molar-refractivity contribution >= 4 is 6.08 Å². The fraction of sp³-hybridized carbons (Fsp3) is 0.579. The molecule has 1 heteroatoms. The molecule has 0 amide bonds. The first kappa shape index (κ1) is 12.6. The molecule has 1 aromatic rings. The summed E-state index contributed by atoms with van der Waals surface area (Å²) in [6.45, 7) is 4.85. The maximum Gasteiger partial charge on any atom is 0.0210 e. The molecule has 4 saturated carbocycles. The highest BCUT2D eigenvalue weighted by Crippen LogP contribution is 2.55. The molecule has 0 unspecified atom stereocenters. The second kappa shape index (κ2) is 4.73. The van der Waals surface area contributed by atoms with E-state index >= 15 is 0 Å². The molecule has 0 atom stereocenters. The van der Waals surface area contributed by atoms with Gasteiger partial charge >= 0.3 is 0 Å². The molecular weight excluding hydrogens is 242 g/mol. The van der Waals surface area contributed by atoms with Crippen molar-refractivity contribution in [2.75, 3.05) is 0 Å². The van der Waals surface area contributed by atoms with E-state index in [1.54, 1.807) is 0 Å². The summed E-state index contributed by atoms with van der Waals surface area (Å²) in [5, 5.41) is 3.96. The van der Waals surface area contributed by atoms with Crippen LogP contribution in [0.3, 0.4) is 0 Å². The molecule has 106 valence electrons. The largest absolute Gasteiger partial charge is 0.307 e. The van der Waals surface area contributed by atoms with Crippen molar-refractivity contribution in [3.05, 3.63) is 42.0 Å². The van der Waals surface area contributed by atoms with Gasteiger partial charge in [-0.3, -0.25) is 0 Å². The van der Waals surface area contributed by atoms with Crippen LogP contribution in [0.2, 0.25) is 0 Å². The van der Waals surface area contributed by atoms with Gasteiger partial charge in [0.05, 0.1) is 0 Å². The molecule has 4 aliphatic carbocycles. The highest BCUT2D eigenvalue weighted by atomic mass is 15.0. The van der Waals surface area contributed by atoms with Gasteiger partial charge in [0.1, 0.15) is 0 Å². The van der Waals surface area contributed by atoms with Crippen molar-refractivity contribution in [1.29, 1.82) is 0 Å². The van der Waals surface area contributed by atoms with Gasteiger partial charge in [-0.15, -0.1) is 0 Å². The van der Waals surface area contributed by atoms with Crippen molar-refractivity contribution in [2.45, 2.75) is 50.6 Å². The quantitative estimate of drug-likeness (QED) is 0.853. The second-order valence-corrected chi connectivity index (χ2v) is 7.50. The number of nitrogens with one attached hydrogen (secondary N) is 1. The van der Waals surface area contributed by atoms with Gasteiger partial charge in [-0.05, 0) is 67.4 Å². The first-order valence-corrected chi connectivity index (χ1v) is 8.21. The third kappa shape index (κ3) is 2.22. The van der Waals surface area contributed by atoms with Crippen molar-refractivity contribution in [3.63, 3.8) is 0 Å². The van der Waals surface area contributed by atoms with Crippen LogP contribution in [0.25, 0.3) is 6.08 Å². The van der Waals surface area contributed by atoms with E-state index in [0.717, 1.165) is 24.3 Å². The lowest BCUT2D eigenvalue weighted by molar-refractivity contribution is -0.0206. The lowest BCUT2D eigenvalue weighted by Gasteiger charge is -2.57. The predicted octanol–water partition coefficient (Wildman–Crippen LogP) is 4.39. The molecule has 5 rings (SSSR count). The molecule has 0 spiro atoms. The van der Waals surface area contributed by atoms with Gasteiger partial charge in [-0.2, -0.15) is 0 Å². The first-order valence-electron chi connectivity index (χ1n) is 8.21. The summed E-state index contributed by atoms with van der Waals surface area (Å²) in [7, 11) is 0. The van der Waals surface area contributed by atoms with E-state index in [4.69, 9.17) is 0 Å². The minimum Gasteiger partial charge on any atom is -0.307 e. The Hall–Kier alpha value is -1.08. The molecule has 4 aliphatic rings. The zero-order valence-corrected chi connectivity index (χ0v) is 12.3. The molecular formula is C19H25N. The van der Waals surface area contributed by atoms with Crippen LogP contribution < -0.4 is 5.32 Å². The van der Waals surface area contributed by atoms with Crippen molar-refractivity contribution in [2.24, 2.45) is 17.8 Å². The predicted molar refractivity (Wildman–Crippen MR) is 84.3 cm³/mol. The zero-order chi connectivity index (χ0) is 13.6. The summed E-state index contributed by atoms with van der Waals surface area (Å²) < 4.78 is 0. The Kier molecular flexibility index (Phi) is 2.99. The lowest BCUT2D eigenvalue weighted by Crippen LogP contribution is -2.58. The van der Waals surface area contributed by atoms with Crippen molar-refractivity contribution in [3.8, 4) is 0 Å². The van der Waals surface area contributed by atoms with E-state index in [2.05, 4.69) is 36.2 Å². The van der Waals surface area contributed by atoms with E-state index in [1.165, 1.54) is 49.7 Å². The number of rotatable bonds is 4. The van der Waals surface area contributed by atoms with Crippen LogP contribution in [0.15, 0.2) is 30.8 Å². The van der Waals surface area contributed by atoms with Gasteiger partial charge in [0.25, 0.3) is 0 Å². The highest BCUT2D eigenvalue weighted by molar-refractivity contribution is 5.47. The molecule has 1 aromatic carbocycles. The van der Waals surface area contributed by atoms with Crippen LogP contribution in [-0.2, 0) is 6.54 Å². The number of hydrogen-bond acceptors (Lipinski definition) is 1. The fourth-order valence-corrected chi connectivity index (χ4v) is 5.39. The monoisotopic (exact) mass is 267 g/mol. The molecule has 0 radical (unpaired) electrons. The maximum absolute atomic E-state index is 3.96. The van der Waals surface area contributed by atoms with Crippen LogP contribution in [0, 0.1) is 17.8 Å². The van der Waals surface area contributed by atoms with Gasteiger partial charge in [-0.1, -0.05) is 36.9 Å².